The first kappa shape index (κ1) is 89.1. The van der Waals surface area contributed by atoms with E-state index in [4.69, 9.17) is 37.0 Å². The number of rotatable bonds is 71. The van der Waals surface area contributed by atoms with E-state index in [9.17, 15) is 43.2 Å². The number of hydrogen-bond acceptors (Lipinski definition) is 15. The van der Waals surface area contributed by atoms with Crippen LogP contribution in [-0.4, -0.2) is 96.7 Å². The predicted molar refractivity (Wildman–Crippen MR) is 368 cm³/mol. The Morgan fingerprint density at radius 3 is 0.835 bits per heavy atom. The summed E-state index contributed by atoms with van der Waals surface area (Å²) >= 11 is 0. The number of carbonyl (C=O) groups excluding carboxylic acids is 4. The van der Waals surface area contributed by atoms with Crippen LogP contribution in [0, 0.1) is 11.8 Å². The number of hydrogen-bond donors (Lipinski definition) is 3. The maximum absolute atomic E-state index is 13.0. The molecule has 0 heterocycles. The highest BCUT2D eigenvalue weighted by Gasteiger charge is 2.30. The molecule has 0 saturated carbocycles. The molecule has 0 aliphatic carbocycles. The van der Waals surface area contributed by atoms with Crippen molar-refractivity contribution in [1.29, 1.82) is 0 Å². The van der Waals surface area contributed by atoms with Gasteiger partial charge >= 0.3 is 39.5 Å². The monoisotopic (exact) mass is 1340 g/mol. The molecule has 0 saturated heterocycles. The smallest absolute Gasteiger partial charge is 0.462 e. The second-order valence-corrected chi connectivity index (χ2v) is 29.6. The number of carbonyl (C=O) groups is 4. The van der Waals surface area contributed by atoms with Crippen LogP contribution in [0.1, 0.15) is 369 Å². The van der Waals surface area contributed by atoms with Crippen LogP contribution in [0.25, 0.3) is 0 Å². The molecule has 0 spiro atoms. The van der Waals surface area contributed by atoms with Gasteiger partial charge in [-0.3, -0.25) is 37.3 Å². The summed E-state index contributed by atoms with van der Waals surface area (Å²) in [5, 5.41) is 10.6. The first-order valence-corrected chi connectivity index (χ1v) is 40.5. The molecule has 0 fully saturated rings. The molecule has 0 aromatic carbocycles. The quantitative estimate of drug-likeness (QED) is 0.0222. The summed E-state index contributed by atoms with van der Waals surface area (Å²) < 4.78 is 68.2. The van der Waals surface area contributed by atoms with Gasteiger partial charge in [-0.05, 0) is 37.5 Å². The fraction of sp³-hybridized carbons (Fsp3) is 0.944. The zero-order chi connectivity index (χ0) is 67.2. The molecule has 0 aromatic rings. The maximum atomic E-state index is 13.0. The van der Waals surface area contributed by atoms with Crippen LogP contribution in [0.4, 0.5) is 0 Å². The van der Waals surface area contributed by atoms with Gasteiger partial charge in [0.25, 0.3) is 0 Å². The van der Waals surface area contributed by atoms with E-state index in [-0.39, 0.29) is 25.7 Å². The Balaban J connectivity index is 5.16. The van der Waals surface area contributed by atoms with E-state index in [0.717, 1.165) is 108 Å². The van der Waals surface area contributed by atoms with Crippen molar-refractivity contribution in [3.63, 3.8) is 0 Å². The van der Waals surface area contributed by atoms with Crippen LogP contribution in [0.15, 0.2) is 0 Å². The van der Waals surface area contributed by atoms with Crippen LogP contribution in [0.3, 0.4) is 0 Å². The number of ether oxygens (including phenoxy) is 4. The third kappa shape index (κ3) is 65.1. The number of unbranched alkanes of at least 4 members (excludes halogenated alkanes) is 40. The fourth-order valence-electron chi connectivity index (χ4n) is 10.9. The zero-order valence-corrected chi connectivity index (χ0v) is 60.9. The molecular formula is C72H140O17P2. The average Bonchev–Trinajstić information content (AvgIpc) is 3.20. The summed E-state index contributed by atoms with van der Waals surface area (Å²) in [6.07, 6.45) is 50.2. The van der Waals surface area contributed by atoms with Crippen molar-refractivity contribution in [2.75, 3.05) is 39.6 Å². The molecule has 3 unspecified atom stereocenters. The first-order valence-electron chi connectivity index (χ1n) is 37.5. The molecule has 0 amide bonds. The van der Waals surface area contributed by atoms with Crippen LogP contribution in [-0.2, 0) is 65.4 Å². The largest absolute Gasteiger partial charge is 0.472 e. The molecule has 0 rings (SSSR count). The summed E-state index contributed by atoms with van der Waals surface area (Å²) in [5.41, 5.74) is 0. The molecule has 17 nitrogen and oxygen atoms in total. The second kappa shape index (κ2) is 64.1. The summed E-state index contributed by atoms with van der Waals surface area (Å²) in [7, 11) is -9.90. The average molecular weight is 1340 g/mol. The molecule has 0 bridgehead atoms. The van der Waals surface area contributed by atoms with Gasteiger partial charge in [-0.15, -0.1) is 0 Å². The van der Waals surface area contributed by atoms with Crippen LogP contribution < -0.4 is 0 Å². The Hall–Kier alpha value is -1.94. The highest BCUT2D eigenvalue weighted by atomic mass is 31.2. The van der Waals surface area contributed by atoms with Crippen LogP contribution >= 0.6 is 15.6 Å². The Bertz CT molecular complexity index is 1770. The number of aliphatic hydroxyl groups is 1. The minimum Gasteiger partial charge on any atom is -0.462 e. The minimum atomic E-state index is -4.95. The van der Waals surface area contributed by atoms with Crippen molar-refractivity contribution >= 4 is 39.5 Å². The lowest BCUT2D eigenvalue weighted by molar-refractivity contribution is -0.161. The zero-order valence-electron chi connectivity index (χ0n) is 59.1. The van der Waals surface area contributed by atoms with E-state index >= 15 is 0 Å². The van der Waals surface area contributed by atoms with E-state index in [1.807, 2.05) is 0 Å². The third-order valence-electron chi connectivity index (χ3n) is 17.1. The van der Waals surface area contributed by atoms with E-state index in [1.54, 1.807) is 0 Å². The van der Waals surface area contributed by atoms with Gasteiger partial charge in [-0.2, -0.15) is 0 Å². The van der Waals surface area contributed by atoms with Crippen molar-refractivity contribution in [2.45, 2.75) is 387 Å². The van der Waals surface area contributed by atoms with Crippen molar-refractivity contribution in [2.24, 2.45) is 11.8 Å². The molecule has 0 radical (unpaired) electrons. The Morgan fingerprint density at radius 2 is 0.560 bits per heavy atom. The minimum absolute atomic E-state index is 0.105. The third-order valence-corrected chi connectivity index (χ3v) is 19.0. The lowest BCUT2D eigenvalue weighted by atomic mass is 9.99. The topological polar surface area (TPSA) is 237 Å². The molecule has 91 heavy (non-hydrogen) atoms. The molecule has 3 N–H and O–H groups in total. The van der Waals surface area contributed by atoms with E-state index < -0.39 is 97.5 Å². The maximum Gasteiger partial charge on any atom is 0.472 e. The molecule has 0 aromatic heterocycles. The van der Waals surface area contributed by atoms with Gasteiger partial charge in [-0.1, -0.05) is 318 Å². The number of esters is 4. The molecule has 540 valence electrons. The van der Waals surface area contributed by atoms with E-state index in [2.05, 4.69) is 41.5 Å². The van der Waals surface area contributed by atoms with Gasteiger partial charge in [0.15, 0.2) is 12.2 Å². The highest BCUT2D eigenvalue weighted by molar-refractivity contribution is 7.47. The summed E-state index contributed by atoms with van der Waals surface area (Å²) in [6.45, 7) is 9.52. The Labute approximate surface area is 556 Å². The second-order valence-electron chi connectivity index (χ2n) is 26.7. The normalized spacial score (nSPS) is 14.4. The highest BCUT2D eigenvalue weighted by Crippen LogP contribution is 2.45. The fourth-order valence-corrected chi connectivity index (χ4v) is 12.5. The van der Waals surface area contributed by atoms with Crippen molar-refractivity contribution in [3.8, 4) is 0 Å². The van der Waals surface area contributed by atoms with Gasteiger partial charge in [0.05, 0.1) is 26.4 Å². The lowest BCUT2D eigenvalue weighted by Gasteiger charge is -2.21. The van der Waals surface area contributed by atoms with Gasteiger partial charge in [0, 0.05) is 25.7 Å². The molecular weight excluding hydrogens is 1200 g/mol. The van der Waals surface area contributed by atoms with Crippen LogP contribution in [0.5, 0.6) is 0 Å². The van der Waals surface area contributed by atoms with Crippen molar-refractivity contribution < 1.29 is 80.2 Å². The SMILES string of the molecule is CCCCCCCCCCCCCCCCCCC(=O)OC[C@H](COP(=O)(O)OC[C@@H](O)COP(=O)(O)OC[C@@H](COC(=O)CCCCCCC)OC(=O)CCCCCCCCCCCCC(C)CC)OC(=O)CCCCCCCCCCCCCCCC(C)C. The first-order chi connectivity index (χ1) is 43.9. The number of phosphoric acid groups is 2. The van der Waals surface area contributed by atoms with Gasteiger partial charge in [0.2, 0.25) is 0 Å². The molecule has 6 atom stereocenters. The summed E-state index contributed by atoms with van der Waals surface area (Å²) in [6, 6.07) is 0. The van der Waals surface area contributed by atoms with Gasteiger partial charge in [0.1, 0.15) is 19.3 Å². The van der Waals surface area contributed by atoms with Crippen molar-refractivity contribution in [3.05, 3.63) is 0 Å². The lowest BCUT2D eigenvalue weighted by Crippen LogP contribution is -2.30. The van der Waals surface area contributed by atoms with Crippen LogP contribution in [0.2, 0.25) is 0 Å². The summed E-state index contributed by atoms with van der Waals surface area (Å²) in [5.74, 6) is -0.541. The molecule has 0 aliphatic rings. The number of aliphatic hydroxyl groups excluding tert-OH is 1. The Kier molecular flexibility index (Phi) is 62.7. The molecule has 0 aliphatic heterocycles. The standard InChI is InChI=1S/C72H140O17P2/c1-7-10-12-14-15-16-17-18-19-20-23-26-32-37-43-49-55-70(75)83-61-68(89-72(77)56-50-44-38-33-27-24-21-22-25-30-35-41-46-52-64(4)5)63-87-91(80,81)85-59-66(73)58-84-90(78,79)86-62-67(60-82-69(74)54-48-40-13-11-8-2)88-71(76)57-51-45-39-34-29-28-31-36-42-47-53-65(6)9-3/h64-68,73H,7-63H2,1-6H3,(H,78,79)(H,80,81)/t65?,66-,67+,68+/m0/s1. The van der Waals surface area contributed by atoms with Gasteiger partial charge < -0.3 is 33.8 Å². The summed E-state index contributed by atoms with van der Waals surface area (Å²) in [4.78, 5) is 72.4. The Morgan fingerprint density at radius 1 is 0.319 bits per heavy atom. The van der Waals surface area contributed by atoms with Crippen molar-refractivity contribution in [1.82, 2.24) is 0 Å². The van der Waals surface area contributed by atoms with E-state index in [1.165, 1.54) is 180 Å². The molecule has 19 heteroatoms. The number of phosphoric ester groups is 2. The van der Waals surface area contributed by atoms with Gasteiger partial charge in [-0.25, -0.2) is 9.13 Å². The van der Waals surface area contributed by atoms with E-state index in [0.29, 0.717) is 25.7 Å². The predicted octanol–water partition coefficient (Wildman–Crippen LogP) is 20.8.